The molecule has 4 nitrogen and oxygen atoms in total. The van der Waals surface area contributed by atoms with Crippen LogP contribution in [-0.4, -0.2) is 17.0 Å². The predicted octanol–water partition coefficient (Wildman–Crippen LogP) is 2.46. The van der Waals surface area contributed by atoms with Crippen LogP contribution < -0.4 is 5.32 Å². The van der Waals surface area contributed by atoms with Gasteiger partial charge in [-0.25, -0.2) is 0 Å². The summed E-state index contributed by atoms with van der Waals surface area (Å²) < 4.78 is 0. The normalized spacial score (nSPS) is 22.2. The summed E-state index contributed by atoms with van der Waals surface area (Å²) in [5.74, 6) is -1.40. The topological polar surface area (TPSA) is 66.4 Å². The number of aliphatic carboxylic acids is 1. The Hall–Kier alpha value is -1.55. The third kappa shape index (κ3) is 3.70. The number of carbonyl (C=O) groups is 2. The van der Waals surface area contributed by atoms with Crippen LogP contribution >= 0.6 is 11.6 Å². The Kier molecular flexibility index (Phi) is 4.43. The van der Waals surface area contributed by atoms with E-state index in [1.165, 1.54) is 0 Å². The lowest BCUT2D eigenvalue weighted by atomic mass is 10.0. The van der Waals surface area contributed by atoms with Gasteiger partial charge in [0.25, 0.3) is 0 Å². The molecular formula is C14H16ClNO3. The van der Waals surface area contributed by atoms with Gasteiger partial charge in [0.1, 0.15) is 0 Å². The first-order chi connectivity index (χ1) is 9.06. The van der Waals surface area contributed by atoms with Gasteiger partial charge in [-0.2, -0.15) is 0 Å². The molecule has 0 aromatic heterocycles. The van der Waals surface area contributed by atoms with E-state index in [1.807, 2.05) is 12.1 Å². The summed E-state index contributed by atoms with van der Waals surface area (Å²) >= 11 is 5.78. The van der Waals surface area contributed by atoms with Gasteiger partial charge in [-0.15, -0.1) is 0 Å². The molecular weight excluding hydrogens is 266 g/mol. The lowest BCUT2D eigenvalue weighted by Crippen LogP contribution is -2.29. The molecule has 0 saturated heterocycles. The van der Waals surface area contributed by atoms with Crippen molar-refractivity contribution in [2.24, 2.45) is 11.8 Å². The van der Waals surface area contributed by atoms with Crippen LogP contribution in [0.15, 0.2) is 24.3 Å². The third-order valence-corrected chi connectivity index (χ3v) is 3.78. The van der Waals surface area contributed by atoms with Gasteiger partial charge in [0.05, 0.1) is 5.92 Å². The van der Waals surface area contributed by atoms with Gasteiger partial charge in [0, 0.05) is 17.5 Å². The van der Waals surface area contributed by atoms with E-state index in [4.69, 9.17) is 16.7 Å². The highest BCUT2D eigenvalue weighted by Gasteiger charge is 2.33. The largest absolute Gasteiger partial charge is 0.481 e. The molecule has 1 aromatic carbocycles. The van der Waals surface area contributed by atoms with E-state index in [1.54, 1.807) is 12.1 Å². The Balaban J connectivity index is 1.82. The van der Waals surface area contributed by atoms with Crippen LogP contribution in [0.2, 0.25) is 5.02 Å². The van der Waals surface area contributed by atoms with Crippen LogP contribution in [0.5, 0.6) is 0 Å². The molecule has 2 N–H and O–H groups in total. The maximum Gasteiger partial charge on any atom is 0.306 e. The highest BCUT2D eigenvalue weighted by molar-refractivity contribution is 6.30. The number of hydrogen-bond donors (Lipinski definition) is 2. The summed E-state index contributed by atoms with van der Waals surface area (Å²) in [5.41, 5.74) is 0.977. The zero-order valence-electron chi connectivity index (χ0n) is 10.4. The number of hydrogen-bond acceptors (Lipinski definition) is 2. The van der Waals surface area contributed by atoms with Crippen LogP contribution in [0.25, 0.3) is 0 Å². The summed E-state index contributed by atoms with van der Waals surface area (Å²) in [5, 5.41) is 12.4. The molecule has 1 fully saturated rings. The van der Waals surface area contributed by atoms with Crippen LogP contribution in [0.1, 0.15) is 24.8 Å². The van der Waals surface area contributed by atoms with Crippen molar-refractivity contribution in [3.05, 3.63) is 34.9 Å². The number of amides is 1. The summed E-state index contributed by atoms with van der Waals surface area (Å²) in [6.45, 7) is 0.449. The molecule has 102 valence electrons. The summed E-state index contributed by atoms with van der Waals surface area (Å²) in [6, 6.07) is 7.27. The van der Waals surface area contributed by atoms with Gasteiger partial charge in [0.2, 0.25) is 5.91 Å². The van der Waals surface area contributed by atoms with Gasteiger partial charge in [-0.05, 0) is 37.0 Å². The van der Waals surface area contributed by atoms with E-state index >= 15 is 0 Å². The predicted molar refractivity (Wildman–Crippen MR) is 71.8 cm³/mol. The summed E-state index contributed by atoms with van der Waals surface area (Å²) in [4.78, 5) is 22.8. The van der Waals surface area contributed by atoms with Crippen LogP contribution in [0.4, 0.5) is 0 Å². The smallest absolute Gasteiger partial charge is 0.306 e. The van der Waals surface area contributed by atoms with Crippen molar-refractivity contribution < 1.29 is 14.7 Å². The number of carboxylic acid groups (broad SMARTS) is 1. The van der Waals surface area contributed by atoms with E-state index in [0.29, 0.717) is 30.8 Å². The van der Waals surface area contributed by atoms with Crippen molar-refractivity contribution in [2.75, 3.05) is 0 Å². The summed E-state index contributed by atoms with van der Waals surface area (Å²) in [6.07, 6.45) is 1.69. The lowest BCUT2D eigenvalue weighted by Gasteiger charge is -2.10. The fourth-order valence-corrected chi connectivity index (χ4v) is 2.51. The molecule has 2 rings (SSSR count). The Morgan fingerprint density at radius 3 is 2.42 bits per heavy atom. The van der Waals surface area contributed by atoms with Gasteiger partial charge in [-0.3, -0.25) is 9.59 Å². The third-order valence-electron chi connectivity index (χ3n) is 3.53. The second-order valence-corrected chi connectivity index (χ2v) is 5.33. The van der Waals surface area contributed by atoms with E-state index in [9.17, 15) is 9.59 Å². The van der Waals surface area contributed by atoms with E-state index < -0.39 is 5.97 Å². The van der Waals surface area contributed by atoms with Crippen molar-refractivity contribution in [1.29, 1.82) is 0 Å². The number of carbonyl (C=O) groups excluding carboxylic acids is 1. The van der Waals surface area contributed by atoms with Crippen molar-refractivity contribution in [3.8, 4) is 0 Å². The molecule has 0 heterocycles. The molecule has 1 aromatic rings. The monoisotopic (exact) mass is 281 g/mol. The quantitative estimate of drug-likeness (QED) is 0.891. The molecule has 0 unspecified atom stereocenters. The first kappa shape index (κ1) is 13.9. The molecule has 0 bridgehead atoms. The van der Waals surface area contributed by atoms with Gasteiger partial charge < -0.3 is 10.4 Å². The van der Waals surface area contributed by atoms with Gasteiger partial charge in [-0.1, -0.05) is 23.7 Å². The standard InChI is InChI=1S/C14H16ClNO3/c15-12-5-1-9(2-6-12)8-16-13(17)10-3-4-11(7-10)14(18)19/h1-2,5-6,10-11H,3-4,7-8H2,(H,16,17)(H,18,19)/t10-,11+/m0/s1. The van der Waals surface area contributed by atoms with Crippen molar-refractivity contribution in [3.63, 3.8) is 0 Å². The van der Waals surface area contributed by atoms with Crippen LogP contribution in [-0.2, 0) is 16.1 Å². The molecule has 1 aliphatic rings. The Labute approximate surface area is 116 Å². The molecule has 19 heavy (non-hydrogen) atoms. The number of nitrogens with one attached hydrogen (secondary N) is 1. The van der Waals surface area contributed by atoms with Crippen molar-refractivity contribution >= 4 is 23.5 Å². The second kappa shape index (κ2) is 6.06. The van der Waals surface area contributed by atoms with E-state index in [0.717, 1.165) is 5.56 Å². The highest BCUT2D eigenvalue weighted by Crippen LogP contribution is 2.31. The van der Waals surface area contributed by atoms with Crippen molar-refractivity contribution in [1.82, 2.24) is 5.32 Å². The van der Waals surface area contributed by atoms with Gasteiger partial charge >= 0.3 is 5.97 Å². The molecule has 5 heteroatoms. The second-order valence-electron chi connectivity index (χ2n) is 4.89. The van der Waals surface area contributed by atoms with Crippen LogP contribution in [0.3, 0.4) is 0 Å². The zero-order chi connectivity index (χ0) is 13.8. The average molecular weight is 282 g/mol. The lowest BCUT2D eigenvalue weighted by molar-refractivity contribution is -0.141. The number of rotatable bonds is 4. The minimum atomic E-state index is -0.798. The molecule has 1 aliphatic carbocycles. The molecule has 1 saturated carbocycles. The SMILES string of the molecule is O=C(O)[C@@H]1CC[C@H](C(=O)NCc2ccc(Cl)cc2)C1. The molecule has 1 amide bonds. The minimum absolute atomic E-state index is 0.0568. The Morgan fingerprint density at radius 1 is 1.21 bits per heavy atom. The van der Waals surface area contributed by atoms with Gasteiger partial charge in [0.15, 0.2) is 0 Å². The molecule has 0 aliphatic heterocycles. The van der Waals surface area contributed by atoms with Crippen molar-refractivity contribution in [2.45, 2.75) is 25.8 Å². The minimum Gasteiger partial charge on any atom is -0.481 e. The fourth-order valence-electron chi connectivity index (χ4n) is 2.38. The average Bonchev–Trinajstić information content (AvgIpc) is 2.87. The summed E-state index contributed by atoms with van der Waals surface area (Å²) in [7, 11) is 0. The number of benzene rings is 1. The molecule has 0 radical (unpaired) electrons. The van der Waals surface area contributed by atoms with E-state index in [2.05, 4.69) is 5.32 Å². The number of halogens is 1. The Morgan fingerprint density at radius 2 is 1.84 bits per heavy atom. The maximum absolute atomic E-state index is 11.9. The maximum atomic E-state index is 11.9. The zero-order valence-corrected chi connectivity index (χ0v) is 11.2. The highest BCUT2D eigenvalue weighted by atomic mass is 35.5. The first-order valence-corrected chi connectivity index (χ1v) is 6.69. The Bertz CT molecular complexity index is 472. The van der Waals surface area contributed by atoms with E-state index in [-0.39, 0.29) is 17.7 Å². The molecule has 0 spiro atoms. The number of carboxylic acids is 1. The molecule has 2 atom stereocenters. The van der Waals surface area contributed by atoms with Crippen LogP contribution in [0, 0.1) is 11.8 Å². The fraction of sp³-hybridized carbons (Fsp3) is 0.429. The first-order valence-electron chi connectivity index (χ1n) is 6.31.